The third kappa shape index (κ3) is 3.45. The Hall–Kier alpha value is -4.20. The zero-order valence-electron chi connectivity index (χ0n) is 17.0. The first-order valence-corrected chi connectivity index (χ1v) is 10.1. The van der Waals surface area contributed by atoms with Crippen molar-refractivity contribution in [2.75, 3.05) is 13.2 Å². The molecule has 3 aromatic rings. The molecule has 0 spiro atoms. The Balaban J connectivity index is 1.62. The highest BCUT2D eigenvalue weighted by Crippen LogP contribution is 2.41. The lowest BCUT2D eigenvalue weighted by Gasteiger charge is -2.25. The highest BCUT2D eigenvalue weighted by atomic mass is 16.6. The number of likely N-dealkylation sites (tertiary alicyclic amines) is 1. The van der Waals surface area contributed by atoms with E-state index in [0.29, 0.717) is 35.8 Å². The summed E-state index contributed by atoms with van der Waals surface area (Å²) in [5, 5.41) is 11.2. The molecule has 0 saturated carbocycles. The fraction of sp³-hybridized carbons (Fsp3) is 0.167. The minimum atomic E-state index is -0.794. The summed E-state index contributed by atoms with van der Waals surface area (Å²) in [7, 11) is 0. The van der Waals surface area contributed by atoms with Crippen LogP contribution in [-0.4, -0.2) is 44.9 Å². The van der Waals surface area contributed by atoms with E-state index in [0.717, 1.165) is 5.56 Å². The van der Waals surface area contributed by atoms with Gasteiger partial charge in [0, 0.05) is 36.9 Å². The molecule has 2 aromatic heterocycles. The number of aliphatic hydroxyl groups is 1. The zero-order valence-corrected chi connectivity index (χ0v) is 17.0. The molecule has 2 aliphatic rings. The summed E-state index contributed by atoms with van der Waals surface area (Å²) in [5.74, 6) is -0.684. The second kappa shape index (κ2) is 8.14. The monoisotopic (exact) mass is 429 g/mol. The molecule has 0 unspecified atom stereocenters. The third-order valence-electron chi connectivity index (χ3n) is 5.43. The maximum absolute atomic E-state index is 13.1. The Labute approximate surface area is 183 Å². The van der Waals surface area contributed by atoms with E-state index in [1.54, 1.807) is 61.2 Å². The molecule has 1 amide bonds. The first-order valence-electron chi connectivity index (χ1n) is 10.1. The standard InChI is InChI=1S/C24H19N3O5/c28-22(16-5-6-18-19(11-16)32-10-9-31-18)20-21(17-4-2-8-26-13-17)27(24(30)23(20)29)14-15-3-1-7-25-12-15/h1-8,11-13,21,28H,9-10,14H2/t21-/m1/s1. The predicted molar refractivity (Wildman–Crippen MR) is 114 cm³/mol. The fourth-order valence-electron chi connectivity index (χ4n) is 3.96. The van der Waals surface area contributed by atoms with Crippen molar-refractivity contribution in [1.82, 2.24) is 14.9 Å². The Bertz CT molecular complexity index is 1210. The number of carbonyl (C=O) groups excluding carboxylic acids is 2. The van der Waals surface area contributed by atoms with E-state index in [1.807, 2.05) is 6.07 Å². The molecule has 1 fully saturated rings. The van der Waals surface area contributed by atoms with Crippen molar-refractivity contribution in [3.05, 3.63) is 89.5 Å². The van der Waals surface area contributed by atoms with Crippen molar-refractivity contribution in [2.24, 2.45) is 0 Å². The molecular weight excluding hydrogens is 410 g/mol. The number of pyridine rings is 2. The van der Waals surface area contributed by atoms with E-state index in [1.165, 1.54) is 4.90 Å². The van der Waals surface area contributed by atoms with Crippen molar-refractivity contribution in [2.45, 2.75) is 12.6 Å². The van der Waals surface area contributed by atoms with Crippen molar-refractivity contribution >= 4 is 17.4 Å². The van der Waals surface area contributed by atoms with Gasteiger partial charge in [0.25, 0.3) is 11.7 Å². The quantitative estimate of drug-likeness (QED) is 0.387. The van der Waals surface area contributed by atoms with Crippen LogP contribution in [0.2, 0.25) is 0 Å². The molecule has 8 nitrogen and oxygen atoms in total. The van der Waals surface area contributed by atoms with E-state index in [9.17, 15) is 14.7 Å². The normalized spacial score (nSPS) is 19.2. The van der Waals surface area contributed by atoms with Crippen LogP contribution in [0.25, 0.3) is 5.76 Å². The van der Waals surface area contributed by atoms with Gasteiger partial charge in [0.05, 0.1) is 11.6 Å². The molecule has 8 heteroatoms. The minimum Gasteiger partial charge on any atom is -0.507 e. The number of aliphatic hydroxyl groups excluding tert-OH is 1. The fourth-order valence-corrected chi connectivity index (χ4v) is 3.96. The smallest absolute Gasteiger partial charge is 0.295 e. The van der Waals surface area contributed by atoms with Crippen LogP contribution in [0.15, 0.2) is 72.8 Å². The molecule has 4 heterocycles. The highest BCUT2D eigenvalue weighted by molar-refractivity contribution is 6.46. The first kappa shape index (κ1) is 19.7. The number of rotatable bonds is 4. The largest absolute Gasteiger partial charge is 0.507 e. The summed E-state index contributed by atoms with van der Waals surface area (Å²) in [6.07, 6.45) is 6.47. The maximum Gasteiger partial charge on any atom is 0.295 e. The van der Waals surface area contributed by atoms with Crippen LogP contribution in [-0.2, 0) is 16.1 Å². The van der Waals surface area contributed by atoms with Gasteiger partial charge in [-0.2, -0.15) is 0 Å². The van der Waals surface area contributed by atoms with E-state index >= 15 is 0 Å². The second-order valence-corrected chi connectivity index (χ2v) is 7.43. The van der Waals surface area contributed by atoms with Gasteiger partial charge in [-0.15, -0.1) is 0 Å². The molecule has 0 aliphatic carbocycles. The van der Waals surface area contributed by atoms with Crippen LogP contribution in [0.1, 0.15) is 22.7 Å². The number of carbonyl (C=O) groups is 2. The van der Waals surface area contributed by atoms with E-state index < -0.39 is 17.7 Å². The Kier molecular flexibility index (Phi) is 5.03. The molecule has 0 bridgehead atoms. The van der Waals surface area contributed by atoms with Gasteiger partial charge in [0.1, 0.15) is 19.0 Å². The van der Waals surface area contributed by atoms with Crippen molar-refractivity contribution in [3.63, 3.8) is 0 Å². The molecule has 1 atom stereocenters. The van der Waals surface area contributed by atoms with Gasteiger partial charge in [0.2, 0.25) is 0 Å². The van der Waals surface area contributed by atoms with Crippen LogP contribution in [0.5, 0.6) is 11.5 Å². The molecule has 1 saturated heterocycles. The lowest BCUT2D eigenvalue weighted by molar-refractivity contribution is -0.140. The molecule has 5 rings (SSSR count). The number of fused-ring (bicyclic) bond motifs is 1. The lowest BCUT2D eigenvalue weighted by Crippen LogP contribution is -2.29. The van der Waals surface area contributed by atoms with Gasteiger partial charge >= 0.3 is 0 Å². The van der Waals surface area contributed by atoms with Gasteiger partial charge in [-0.3, -0.25) is 19.6 Å². The number of hydrogen-bond donors (Lipinski definition) is 1. The predicted octanol–water partition coefficient (Wildman–Crippen LogP) is 2.87. The van der Waals surface area contributed by atoms with Crippen LogP contribution < -0.4 is 9.47 Å². The summed E-state index contributed by atoms with van der Waals surface area (Å²) >= 11 is 0. The van der Waals surface area contributed by atoms with Gasteiger partial charge in [-0.1, -0.05) is 12.1 Å². The number of hydrogen-bond acceptors (Lipinski definition) is 7. The number of benzene rings is 1. The summed E-state index contributed by atoms with van der Waals surface area (Å²) in [6, 6.07) is 11.2. The molecule has 160 valence electrons. The molecule has 0 radical (unpaired) electrons. The number of ketones is 1. The van der Waals surface area contributed by atoms with E-state index in [4.69, 9.17) is 9.47 Å². The van der Waals surface area contributed by atoms with E-state index in [2.05, 4.69) is 9.97 Å². The summed E-state index contributed by atoms with van der Waals surface area (Å²) in [6.45, 7) is 0.997. The van der Waals surface area contributed by atoms with Crippen LogP contribution in [0.4, 0.5) is 0 Å². The van der Waals surface area contributed by atoms with Gasteiger partial charge in [-0.05, 0) is 41.5 Å². The van der Waals surface area contributed by atoms with Crippen LogP contribution >= 0.6 is 0 Å². The number of Topliss-reactive ketones (excluding diaryl/α,β-unsaturated/α-hetero) is 1. The molecule has 1 N–H and O–H groups in total. The van der Waals surface area contributed by atoms with Crippen molar-refractivity contribution in [3.8, 4) is 11.5 Å². The van der Waals surface area contributed by atoms with Crippen LogP contribution in [0.3, 0.4) is 0 Å². The molecular formula is C24H19N3O5. The molecule has 2 aliphatic heterocycles. The lowest BCUT2D eigenvalue weighted by atomic mass is 9.96. The SMILES string of the molecule is O=C1C(=O)N(Cc2cccnc2)[C@H](c2cccnc2)C1=C(O)c1ccc2c(c1)OCCO2. The average molecular weight is 429 g/mol. The topological polar surface area (TPSA) is 102 Å². The third-order valence-corrected chi connectivity index (χ3v) is 5.43. The number of amides is 1. The van der Waals surface area contributed by atoms with E-state index in [-0.39, 0.29) is 17.9 Å². The first-order chi connectivity index (χ1) is 15.6. The molecule has 32 heavy (non-hydrogen) atoms. The summed E-state index contributed by atoms with van der Waals surface area (Å²) in [5.41, 5.74) is 1.75. The van der Waals surface area contributed by atoms with Crippen molar-refractivity contribution < 1.29 is 24.2 Å². The maximum atomic E-state index is 13.1. The minimum absolute atomic E-state index is 0.00330. The van der Waals surface area contributed by atoms with Crippen LogP contribution in [0, 0.1) is 0 Å². The van der Waals surface area contributed by atoms with Gasteiger partial charge < -0.3 is 19.5 Å². The number of nitrogens with zero attached hydrogens (tertiary/aromatic N) is 3. The number of ether oxygens (including phenoxy) is 2. The Morgan fingerprint density at radius 1 is 1.00 bits per heavy atom. The average Bonchev–Trinajstić information content (AvgIpc) is 3.09. The molecule has 1 aromatic carbocycles. The van der Waals surface area contributed by atoms with Gasteiger partial charge in [-0.25, -0.2) is 0 Å². The Morgan fingerprint density at radius 3 is 2.47 bits per heavy atom. The highest BCUT2D eigenvalue weighted by Gasteiger charge is 2.46. The summed E-state index contributed by atoms with van der Waals surface area (Å²) in [4.78, 5) is 35.8. The Morgan fingerprint density at radius 2 is 1.75 bits per heavy atom. The van der Waals surface area contributed by atoms with Gasteiger partial charge in [0.15, 0.2) is 11.5 Å². The zero-order chi connectivity index (χ0) is 22.1. The van der Waals surface area contributed by atoms with Crippen molar-refractivity contribution in [1.29, 1.82) is 0 Å². The number of aromatic nitrogens is 2. The summed E-state index contributed by atoms with van der Waals surface area (Å²) < 4.78 is 11.1. The second-order valence-electron chi connectivity index (χ2n) is 7.43.